The molecule has 7 aromatic carbocycles. The van der Waals surface area contributed by atoms with Crippen molar-refractivity contribution in [3.05, 3.63) is 197 Å². The Bertz CT molecular complexity index is 2500. The fraction of sp³-hybridized carbons (Fsp3) is 0.0870. The standard InChI is InChI=1S/C46H33N/c1-45(2)37-23-10-8-21-35(37)43-40(45)27-28-42-44(43)36-22-9-13-26-41(36)47(42)32-18-14-17-31(29-32)46(30-15-4-3-5-16-30)38-24-11-6-19-33(38)34-20-7-12-25-39(34)46/h3-29H,1-2H3. The van der Waals surface area contributed by atoms with E-state index in [1.54, 1.807) is 0 Å². The molecule has 0 spiro atoms. The van der Waals surface area contributed by atoms with Crippen LogP contribution in [0.2, 0.25) is 0 Å². The van der Waals surface area contributed by atoms with Gasteiger partial charge in [0.15, 0.2) is 0 Å². The summed E-state index contributed by atoms with van der Waals surface area (Å²) < 4.78 is 2.49. The first-order valence-electron chi connectivity index (χ1n) is 16.6. The fourth-order valence-electron chi connectivity index (χ4n) is 9.12. The maximum Gasteiger partial charge on any atom is 0.0714 e. The molecule has 10 rings (SSSR count). The van der Waals surface area contributed by atoms with E-state index in [1.807, 2.05) is 0 Å². The van der Waals surface area contributed by atoms with E-state index in [0.717, 1.165) is 0 Å². The zero-order valence-electron chi connectivity index (χ0n) is 26.5. The lowest BCUT2D eigenvalue weighted by Gasteiger charge is -2.34. The second-order valence-corrected chi connectivity index (χ2v) is 13.7. The van der Waals surface area contributed by atoms with Gasteiger partial charge in [0.05, 0.1) is 16.4 Å². The van der Waals surface area contributed by atoms with Crippen LogP contribution in [0, 0.1) is 0 Å². The van der Waals surface area contributed by atoms with Crippen molar-refractivity contribution in [3.63, 3.8) is 0 Å². The Hall–Kier alpha value is -5.66. The third-order valence-corrected chi connectivity index (χ3v) is 11.1. The summed E-state index contributed by atoms with van der Waals surface area (Å²) in [6, 6.07) is 61.0. The SMILES string of the molecule is CC1(C)c2ccccc2-c2c1ccc1c2c2ccccc2n1-c1cccc(C2(c3ccccc3)c3ccccc3-c3ccccc32)c1. The smallest absolute Gasteiger partial charge is 0.0714 e. The van der Waals surface area contributed by atoms with Crippen LogP contribution in [0.4, 0.5) is 0 Å². The lowest BCUT2D eigenvalue weighted by Crippen LogP contribution is -2.28. The Morgan fingerprint density at radius 1 is 0.426 bits per heavy atom. The van der Waals surface area contributed by atoms with Gasteiger partial charge < -0.3 is 4.57 Å². The van der Waals surface area contributed by atoms with Gasteiger partial charge in [-0.05, 0) is 79.9 Å². The highest BCUT2D eigenvalue weighted by Crippen LogP contribution is 2.57. The molecule has 0 fully saturated rings. The van der Waals surface area contributed by atoms with Crippen LogP contribution in [0.1, 0.15) is 47.2 Å². The van der Waals surface area contributed by atoms with Crippen LogP contribution < -0.4 is 0 Å². The quantitative estimate of drug-likeness (QED) is 0.190. The third kappa shape index (κ3) is 3.34. The average Bonchev–Trinajstić information content (AvgIpc) is 3.71. The summed E-state index contributed by atoms with van der Waals surface area (Å²) >= 11 is 0. The van der Waals surface area contributed by atoms with Crippen molar-refractivity contribution >= 4 is 21.8 Å². The van der Waals surface area contributed by atoms with Crippen LogP contribution in [0.15, 0.2) is 164 Å². The zero-order valence-corrected chi connectivity index (χ0v) is 26.5. The van der Waals surface area contributed by atoms with Crippen LogP contribution in [0.25, 0.3) is 49.7 Å². The molecule has 1 heteroatoms. The predicted octanol–water partition coefficient (Wildman–Crippen LogP) is 11.5. The molecule has 0 aliphatic heterocycles. The minimum Gasteiger partial charge on any atom is -0.309 e. The van der Waals surface area contributed by atoms with Gasteiger partial charge in [0.1, 0.15) is 0 Å². The molecule has 2 aliphatic carbocycles. The zero-order chi connectivity index (χ0) is 31.3. The van der Waals surface area contributed by atoms with E-state index in [1.165, 1.54) is 83.1 Å². The van der Waals surface area contributed by atoms with Crippen molar-refractivity contribution in [2.75, 3.05) is 0 Å². The summed E-state index contributed by atoms with van der Waals surface area (Å²) in [7, 11) is 0. The lowest BCUT2D eigenvalue weighted by molar-refractivity contribution is 0.661. The number of fused-ring (bicyclic) bond motifs is 10. The van der Waals surface area contributed by atoms with E-state index in [4.69, 9.17) is 0 Å². The first-order chi connectivity index (χ1) is 23.1. The molecule has 1 heterocycles. The minimum atomic E-state index is -0.437. The van der Waals surface area contributed by atoms with E-state index < -0.39 is 5.41 Å². The van der Waals surface area contributed by atoms with Gasteiger partial charge in [0, 0.05) is 21.9 Å². The van der Waals surface area contributed by atoms with Gasteiger partial charge in [-0.15, -0.1) is 0 Å². The number of hydrogen-bond acceptors (Lipinski definition) is 0. The second kappa shape index (κ2) is 9.44. The molecule has 2 aliphatic rings. The Kier molecular flexibility index (Phi) is 5.33. The van der Waals surface area contributed by atoms with Crippen LogP contribution in [0.3, 0.4) is 0 Å². The van der Waals surface area contributed by atoms with Crippen molar-refractivity contribution in [3.8, 4) is 27.9 Å². The van der Waals surface area contributed by atoms with Gasteiger partial charge in [-0.3, -0.25) is 0 Å². The number of aromatic nitrogens is 1. The number of benzene rings is 7. The molecule has 1 aromatic heterocycles. The molecule has 1 nitrogen and oxygen atoms in total. The van der Waals surface area contributed by atoms with Crippen molar-refractivity contribution < 1.29 is 0 Å². The van der Waals surface area contributed by atoms with E-state index >= 15 is 0 Å². The van der Waals surface area contributed by atoms with Crippen LogP contribution >= 0.6 is 0 Å². The topological polar surface area (TPSA) is 4.93 Å². The Labute approximate surface area is 275 Å². The average molecular weight is 600 g/mol. The molecule has 0 amide bonds. The summed E-state index contributed by atoms with van der Waals surface area (Å²) in [5, 5.41) is 2.64. The molecule has 0 N–H and O–H groups in total. The van der Waals surface area contributed by atoms with Crippen molar-refractivity contribution in [2.45, 2.75) is 24.7 Å². The number of hydrogen-bond donors (Lipinski definition) is 0. The molecule has 0 atom stereocenters. The number of rotatable bonds is 3. The van der Waals surface area contributed by atoms with Gasteiger partial charge in [-0.1, -0.05) is 153 Å². The van der Waals surface area contributed by atoms with E-state index in [-0.39, 0.29) is 5.41 Å². The fourth-order valence-corrected chi connectivity index (χ4v) is 9.12. The maximum absolute atomic E-state index is 2.49. The largest absolute Gasteiger partial charge is 0.309 e. The lowest BCUT2D eigenvalue weighted by atomic mass is 9.67. The third-order valence-electron chi connectivity index (χ3n) is 11.1. The summed E-state index contributed by atoms with van der Waals surface area (Å²) in [5.41, 5.74) is 16.6. The molecule has 0 unspecified atom stereocenters. The highest BCUT2D eigenvalue weighted by atomic mass is 15.0. The summed E-state index contributed by atoms with van der Waals surface area (Å²) in [6.07, 6.45) is 0. The summed E-state index contributed by atoms with van der Waals surface area (Å²) in [4.78, 5) is 0. The minimum absolute atomic E-state index is 0.0471. The molecule has 0 saturated heterocycles. The Morgan fingerprint density at radius 2 is 1.02 bits per heavy atom. The normalized spacial score (nSPS) is 14.9. The van der Waals surface area contributed by atoms with Gasteiger partial charge >= 0.3 is 0 Å². The first kappa shape index (κ1) is 26.5. The second-order valence-electron chi connectivity index (χ2n) is 13.7. The molecule has 47 heavy (non-hydrogen) atoms. The van der Waals surface area contributed by atoms with E-state index in [2.05, 4.69) is 182 Å². The van der Waals surface area contributed by atoms with Crippen molar-refractivity contribution in [2.24, 2.45) is 0 Å². The summed E-state index contributed by atoms with van der Waals surface area (Å²) in [5.74, 6) is 0. The monoisotopic (exact) mass is 599 g/mol. The molecule has 222 valence electrons. The molecular weight excluding hydrogens is 567 g/mol. The van der Waals surface area contributed by atoms with Gasteiger partial charge in [-0.2, -0.15) is 0 Å². The first-order valence-corrected chi connectivity index (χ1v) is 16.6. The number of para-hydroxylation sites is 1. The number of nitrogens with zero attached hydrogens (tertiary/aromatic N) is 1. The van der Waals surface area contributed by atoms with Crippen LogP contribution in [-0.4, -0.2) is 4.57 Å². The molecular formula is C46H33N. The van der Waals surface area contributed by atoms with Gasteiger partial charge in [0.25, 0.3) is 0 Å². The van der Waals surface area contributed by atoms with E-state index in [9.17, 15) is 0 Å². The van der Waals surface area contributed by atoms with Gasteiger partial charge in [0.2, 0.25) is 0 Å². The molecule has 8 aromatic rings. The van der Waals surface area contributed by atoms with Crippen LogP contribution in [-0.2, 0) is 10.8 Å². The molecule has 0 radical (unpaired) electrons. The van der Waals surface area contributed by atoms with E-state index in [0.29, 0.717) is 0 Å². The van der Waals surface area contributed by atoms with Crippen LogP contribution in [0.5, 0.6) is 0 Å². The highest BCUT2D eigenvalue weighted by Gasteiger charge is 2.46. The maximum atomic E-state index is 2.49. The van der Waals surface area contributed by atoms with Crippen molar-refractivity contribution in [1.82, 2.24) is 4.57 Å². The highest BCUT2D eigenvalue weighted by molar-refractivity contribution is 6.17. The molecule has 0 saturated carbocycles. The van der Waals surface area contributed by atoms with Gasteiger partial charge in [-0.25, -0.2) is 0 Å². The Morgan fingerprint density at radius 3 is 1.77 bits per heavy atom. The predicted molar refractivity (Wildman–Crippen MR) is 196 cm³/mol. The van der Waals surface area contributed by atoms with Crippen molar-refractivity contribution in [1.29, 1.82) is 0 Å². The molecule has 0 bridgehead atoms. The summed E-state index contributed by atoms with van der Waals surface area (Å²) in [6.45, 7) is 4.74. The Balaban J connectivity index is 1.29.